The van der Waals surface area contributed by atoms with Crippen LogP contribution in [0.3, 0.4) is 0 Å². The Balaban J connectivity index is 2.02. The number of allylic oxidation sites excluding steroid dienone is 2. The summed E-state index contributed by atoms with van der Waals surface area (Å²) in [6, 6.07) is 9.98. The van der Waals surface area contributed by atoms with Crippen molar-refractivity contribution in [2.45, 2.75) is 51.4 Å². The average Bonchev–Trinajstić information content (AvgIpc) is 2.86. The average molecular weight is 386 g/mol. The molecule has 28 heavy (non-hydrogen) atoms. The lowest BCUT2D eigenvalue weighted by Crippen LogP contribution is -1.98. The van der Waals surface area contributed by atoms with Crippen molar-refractivity contribution >= 4 is 11.1 Å². The van der Waals surface area contributed by atoms with Crippen LogP contribution in [0.5, 0.6) is 5.75 Å². The smallest absolute Gasteiger partial charge is 0.133 e. The molecule has 0 amide bonds. The molecule has 2 aromatic rings. The molecule has 0 atom stereocenters. The lowest BCUT2D eigenvalue weighted by atomic mass is 9.88. The third-order valence-corrected chi connectivity index (χ3v) is 5.47. The monoisotopic (exact) mass is 386 g/mol. The van der Waals surface area contributed by atoms with E-state index in [1.807, 2.05) is 6.07 Å². The molecule has 2 nitrogen and oxygen atoms in total. The van der Waals surface area contributed by atoms with E-state index >= 15 is 0 Å². The van der Waals surface area contributed by atoms with Crippen LogP contribution in [-0.2, 0) is 6.42 Å². The zero-order chi connectivity index (χ0) is 19.9. The SMILES string of the molecule is COc1ccc2c(c1)CCCC(c1ccc(F)cc1F)=C2CCCCCCO. The molecule has 1 aliphatic rings. The van der Waals surface area contributed by atoms with Crippen LogP contribution in [0.25, 0.3) is 11.1 Å². The zero-order valence-corrected chi connectivity index (χ0v) is 16.4. The van der Waals surface area contributed by atoms with Crippen molar-refractivity contribution in [3.8, 4) is 5.75 Å². The van der Waals surface area contributed by atoms with Gasteiger partial charge in [-0.2, -0.15) is 0 Å². The van der Waals surface area contributed by atoms with Crippen LogP contribution >= 0.6 is 0 Å². The van der Waals surface area contributed by atoms with E-state index in [4.69, 9.17) is 9.84 Å². The minimum atomic E-state index is -0.550. The normalized spacial score (nSPS) is 14.0. The number of aliphatic hydroxyl groups excluding tert-OH is 1. The Morgan fingerprint density at radius 1 is 0.929 bits per heavy atom. The number of benzene rings is 2. The molecule has 0 spiro atoms. The van der Waals surface area contributed by atoms with E-state index in [2.05, 4.69) is 12.1 Å². The summed E-state index contributed by atoms with van der Waals surface area (Å²) in [5.41, 5.74) is 5.03. The maximum absolute atomic E-state index is 14.6. The van der Waals surface area contributed by atoms with Gasteiger partial charge in [0.1, 0.15) is 17.4 Å². The molecule has 1 aliphatic carbocycles. The Labute approximate surface area is 165 Å². The predicted molar refractivity (Wildman–Crippen MR) is 109 cm³/mol. The van der Waals surface area contributed by atoms with Crippen molar-refractivity contribution in [3.05, 3.63) is 64.7 Å². The molecule has 0 unspecified atom stereocenters. The summed E-state index contributed by atoms with van der Waals surface area (Å²) >= 11 is 0. The van der Waals surface area contributed by atoms with Crippen LogP contribution in [0.2, 0.25) is 0 Å². The molecule has 0 radical (unpaired) electrons. The quantitative estimate of drug-likeness (QED) is 0.550. The minimum absolute atomic E-state index is 0.220. The van der Waals surface area contributed by atoms with Crippen LogP contribution in [0, 0.1) is 11.6 Å². The number of unbranched alkanes of at least 4 members (excludes halogenated alkanes) is 3. The molecular formula is C24H28F2O2. The van der Waals surface area contributed by atoms with Gasteiger partial charge in [-0.3, -0.25) is 0 Å². The second kappa shape index (κ2) is 9.83. The molecule has 2 aromatic carbocycles. The minimum Gasteiger partial charge on any atom is -0.497 e. The number of ether oxygens (including phenoxy) is 1. The van der Waals surface area contributed by atoms with E-state index in [0.717, 1.165) is 79.9 Å². The second-order valence-electron chi connectivity index (χ2n) is 7.35. The highest BCUT2D eigenvalue weighted by Crippen LogP contribution is 2.40. The second-order valence-corrected chi connectivity index (χ2v) is 7.35. The molecule has 3 rings (SSSR count). The summed E-state index contributed by atoms with van der Waals surface area (Å²) in [6.07, 6.45) is 7.24. The van der Waals surface area contributed by atoms with Crippen LogP contribution in [0.15, 0.2) is 36.4 Å². The fourth-order valence-electron chi connectivity index (χ4n) is 4.05. The number of aliphatic hydroxyl groups is 1. The highest BCUT2D eigenvalue weighted by molar-refractivity contribution is 5.92. The third kappa shape index (κ3) is 4.79. The fourth-order valence-corrected chi connectivity index (χ4v) is 4.05. The summed E-state index contributed by atoms with van der Waals surface area (Å²) in [7, 11) is 1.66. The largest absolute Gasteiger partial charge is 0.497 e. The van der Waals surface area contributed by atoms with Crippen molar-refractivity contribution in [1.82, 2.24) is 0 Å². The maximum Gasteiger partial charge on any atom is 0.133 e. The van der Waals surface area contributed by atoms with E-state index in [9.17, 15) is 8.78 Å². The number of fused-ring (bicyclic) bond motifs is 1. The summed E-state index contributed by atoms with van der Waals surface area (Å²) in [6.45, 7) is 0.220. The standard InChI is InChI=1S/C24H28F2O2/c1-28-19-11-13-20-17(15-19)7-6-9-22(21(20)8-4-2-3-5-14-27)23-12-10-18(25)16-24(23)26/h10-13,15-16,27H,2-9,14H2,1H3. The lowest BCUT2D eigenvalue weighted by molar-refractivity contribution is 0.282. The first kappa shape index (κ1) is 20.5. The van der Waals surface area contributed by atoms with Crippen LogP contribution in [-0.4, -0.2) is 18.8 Å². The first-order valence-electron chi connectivity index (χ1n) is 10.1. The van der Waals surface area contributed by atoms with Crippen molar-refractivity contribution in [3.63, 3.8) is 0 Å². The molecule has 150 valence electrons. The van der Waals surface area contributed by atoms with Gasteiger partial charge in [0.15, 0.2) is 0 Å². The Kier molecular flexibility index (Phi) is 7.21. The number of hydrogen-bond donors (Lipinski definition) is 1. The Morgan fingerprint density at radius 2 is 1.71 bits per heavy atom. The molecule has 0 saturated carbocycles. The Morgan fingerprint density at radius 3 is 2.46 bits per heavy atom. The van der Waals surface area contributed by atoms with Gasteiger partial charge in [0.05, 0.1) is 7.11 Å². The molecule has 0 aromatic heterocycles. The van der Waals surface area contributed by atoms with E-state index in [1.54, 1.807) is 13.2 Å². The molecular weight excluding hydrogens is 358 g/mol. The molecule has 0 bridgehead atoms. The number of methoxy groups -OCH3 is 1. The van der Waals surface area contributed by atoms with E-state index < -0.39 is 11.6 Å². The number of halogens is 2. The van der Waals surface area contributed by atoms with Crippen molar-refractivity contribution in [1.29, 1.82) is 0 Å². The highest BCUT2D eigenvalue weighted by Gasteiger charge is 2.21. The van der Waals surface area contributed by atoms with Gasteiger partial charge in [0.25, 0.3) is 0 Å². The van der Waals surface area contributed by atoms with Gasteiger partial charge in [0.2, 0.25) is 0 Å². The summed E-state index contributed by atoms with van der Waals surface area (Å²) in [5.74, 6) is -0.214. The Hall–Kier alpha value is -2.20. The molecule has 0 fully saturated rings. The fraction of sp³-hybridized carbons (Fsp3) is 0.417. The highest BCUT2D eigenvalue weighted by atomic mass is 19.1. The molecule has 1 N–H and O–H groups in total. The number of hydrogen-bond acceptors (Lipinski definition) is 2. The van der Waals surface area contributed by atoms with Gasteiger partial charge in [-0.05, 0) is 85.1 Å². The van der Waals surface area contributed by atoms with Crippen molar-refractivity contribution in [2.75, 3.05) is 13.7 Å². The van der Waals surface area contributed by atoms with Gasteiger partial charge >= 0.3 is 0 Å². The number of aryl methyl sites for hydroxylation is 1. The molecule has 4 heteroatoms. The lowest BCUT2D eigenvalue weighted by Gasteiger charge is -2.17. The molecule has 0 saturated heterocycles. The van der Waals surface area contributed by atoms with Crippen LogP contribution in [0.4, 0.5) is 8.78 Å². The van der Waals surface area contributed by atoms with E-state index in [-0.39, 0.29) is 6.61 Å². The van der Waals surface area contributed by atoms with Gasteiger partial charge in [0, 0.05) is 18.2 Å². The third-order valence-electron chi connectivity index (χ3n) is 5.47. The summed E-state index contributed by atoms with van der Waals surface area (Å²) in [4.78, 5) is 0. The first-order chi connectivity index (χ1) is 13.6. The maximum atomic E-state index is 14.6. The number of rotatable bonds is 8. The first-order valence-corrected chi connectivity index (χ1v) is 10.1. The molecule has 0 heterocycles. The molecule has 0 aliphatic heterocycles. The van der Waals surface area contributed by atoms with Gasteiger partial charge in [-0.1, -0.05) is 18.9 Å². The van der Waals surface area contributed by atoms with Crippen molar-refractivity contribution < 1.29 is 18.6 Å². The van der Waals surface area contributed by atoms with Gasteiger partial charge < -0.3 is 9.84 Å². The predicted octanol–water partition coefficient (Wildman–Crippen LogP) is 6.16. The zero-order valence-electron chi connectivity index (χ0n) is 16.4. The van der Waals surface area contributed by atoms with E-state index in [0.29, 0.717) is 5.56 Å². The Bertz CT molecular complexity index is 842. The van der Waals surface area contributed by atoms with E-state index in [1.165, 1.54) is 11.6 Å². The van der Waals surface area contributed by atoms with Gasteiger partial charge in [-0.15, -0.1) is 0 Å². The van der Waals surface area contributed by atoms with Crippen LogP contribution in [0.1, 0.15) is 61.6 Å². The summed E-state index contributed by atoms with van der Waals surface area (Å²) < 4.78 is 33.4. The van der Waals surface area contributed by atoms with Gasteiger partial charge in [-0.25, -0.2) is 8.78 Å². The topological polar surface area (TPSA) is 29.5 Å². The summed E-state index contributed by atoms with van der Waals surface area (Å²) in [5, 5.41) is 8.98. The van der Waals surface area contributed by atoms with Crippen molar-refractivity contribution in [2.24, 2.45) is 0 Å². The van der Waals surface area contributed by atoms with Crippen LogP contribution < -0.4 is 4.74 Å².